The Morgan fingerprint density at radius 3 is 2.56 bits per heavy atom. The number of methoxy groups -OCH3 is 1. The van der Waals surface area contributed by atoms with Gasteiger partial charge in [0.15, 0.2) is 0 Å². The van der Waals surface area contributed by atoms with Crippen LogP contribution in [0.25, 0.3) is 0 Å². The van der Waals surface area contributed by atoms with Gasteiger partial charge in [0.1, 0.15) is 5.69 Å². The molecule has 0 bridgehead atoms. The predicted octanol–water partition coefficient (Wildman–Crippen LogP) is 1.27. The summed E-state index contributed by atoms with van der Waals surface area (Å²) in [7, 11) is 1.19. The highest BCUT2D eigenvalue weighted by molar-refractivity contribution is 6.12. The van der Waals surface area contributed by atoms with E-state index < -0.39 is 11.8 Å². The fourth-order valence-corrected chi connectivity index (χ4v) is 1.43. The van der Waals surface area contributed by atoms with Crippen LogP contribution < -0.4 is 5.73 Å². The van der Waals surface area contributed by atoms with Gasteiger partial charge in [-0.1, -0.05) is 35.5 Å². The number of carbonyl (C=O) groups excluding carboxylic acids is 2. The van der Waals surface area contributed by atoms with E-state index in [-0.39, 0.29) is 17.1 Å². The first-order valence-corrected chi connectivity index (χ1v) is 5.08. The summed E-state index contributed by atoms with van der Waals surface area (Å²) in [5.41, 5.74) is 5.73. The molecule has 0 radical (unpaired) electrons. The van der Waals surface area contributed by atoms with Gasteiger partial charge in [-0.2, -0.15) is 0 Å². The fraction of sp³-hybridized carbons (Fsp3) is 0.0833. The molecule has 1 aromatic heterocycles. The van der Waals surface area contributed by atoms with Gasteiger partial charge in [0.25, 0.3) is 0 Å². The molecule has 0 amide bonds. The number of ketones is 1. The van der Waals surface area contributed by atoms with Gasteiger partial charge in [0.2, 0.25) is 17.2 Å². The minimum atomic E-state index is -0.747. The van der Waals surface area contributed by atoms with Gasteiger partial charge in [-0.15, -0.1) is 0 Å². The molecule has 2 N–H and O–H groups in total. The van der Waals surface area contributed by atoms with E-state index >= 15 is 0 Å². The average Bonchev–Trinajstić information content (AvgIpc) is 2.80. The van der Waals surface area contributed by atoms with Crippen LogP contribution in [0.15, 0.2) is 34.9 Å². The summed E-state index contributed by atoms with van der Waals surface area (Å²) < 4.78 is 9.27. The van der Waals surface area contributed by atoms with Gasteiger partial charge in [-0.25, -0.2) is 4.79 Å². The second-order valence-corrected chi connectivity index (χ2v) is 3.46. The van der Waals surface area contributed by atoms with Crippen molar-refractivity contribution in [3.8, 4) is 0 Å². The Kier molecular flexibility index (Phi) is 3.09. The van der Waals surface area contributed by atoms with E-state index in [4.69, 9.17) is 10.3 Å². The van der Waals surface area contributed by atoms with Gasteiger partial charge in [-0.3, -0.25) is 4.79 Å². The van der Waals surface area contributed by atoms with Crippen molar-refractivity contribution < 1.29 is 18.8 Å². The number of rotatable bonds is 3. The van der Waals surface area contributed by atoms with Crippen LogP contribution in [0.5, 0.6) is 0 Å². The van der Waals surface area contributed by atoms with E-state index in [9.17, 15) is 9.59 Å². The summed E-state index contributed by atoms with van der Waals surface area (Å²) in [5, 5.41) is 3.44. The van der Waals surface area contributed by atoms with Gasteiger partial charge in [0.05, 0.1) is 7.11 Å². The molecule has 2 aromatic rings. The summed E-state index contributed by atoms with van der Waals surface area (Å²) in [6.45, 7) is 0. The molecule has 0 saturated carbocycles. The van der Waals surface area contributed by atoms with Crippen LogP contribution in [0.4, 0.5) is 5.69 Å². The van der Waals surface area contributed by atoms with Crippen LogP contribution in [0.3, 0.4) is 0 Å². The number of aromatic nitrogens is 1. The second-order valence-electron chi connectivity index (χ2n) is 3.46. The largest absolute Gasteiger partial charge is 0.464 e. The standard InChI is InChI=1S/C12H10N2O4/c1-17-12(16)9-8(13)11(18-14-9)10(15)7-5-3-2-4-6-7/h2-6H,13H2,1H3. The van der Waals surface area contributed by atoms with Crippen LogP contribution in [0.2, 0.25) is 0 Å². The number of nitrogen functional groups attached to an aromatic ring is 1. The molecule has 1 heterocycles. The van der Waals surface area contributed by atoms with Crippen molar-refractivity contribution in [2.75, 3.05) is 12.8 Å². The zero-order valence-corrected chi connectivity index (χ0v) is 9.54. The lowest BCUT2D eigenvalue weighted by atomic mass is 10.1. The summed E-state index contributed by atoms with van der Waals surface area (Å²) >= 11 is 0. The number of carbonyl (C=O) groups is 2. The summed E-state index contributed by atoms with van der Waals surface area (Å²) in [4.78, 5) is 23.3. The Balaban J connectivity index is 2.39. The van der Waals surface area contributed by atoms with Crippen LogP contribution in [0, 0.1) is 0 Å². The van der Waals surface area contributed by atoms with E-state index in [0.29, 0.717) is 5.56 Å². The Labute approximate surface area is 102 Å². The first-order valence-electron chi connectivity index (χ1n) is 5.08. The van der Waals surface area contributed by atoms with Crippen LogP contribution in [-0.2, 0) is 4.74 Å². The van der Waals surface area contributed by atoms with E-state index in [1.165, 1.54) is 7.11 Å². The number of nitrogens with two attached hydrogens (primary N) is 1. The summed E-state index contributed by atoms with van der Waals surface area (Å²) in [5.74, 6) is -1.35. The van der Waals surface area contributed by atoms with Gasteiger partial charge in [0, 0.05) is 5.56 Å². The lowest BCUT2D eigenvalue weighted by Gasteiger charge is -1.97. The highest BCUT2D eigenvalue weighted by Crippen LogP contribution is 2.20. The SMILES string of the molecule is COC(=O)c1noc(C(=O)c2ccccc2)c1N. The number of esters is 1. The zero-order chi connectivity index (χ0) is 13.1. The van der Waals surface area contributed by atoms with Crippen molar-refractivity contribution in [3.63, 3.8) is 0 Å². The maximum Gasteiger partial charge on any atom is 0.362 e. The van der Waals surface area contributed by atoms with Gasteiger partial charge < -0.3 is 15.0 Å². The second kappa shape index (κ2) is 4.70. The third-order valence-electron chi connectivity index (χ3n) is 2.35. The Hall–Kier alpha value is -2.63. The monoisotopic (exact) mass is 246 g/mol. The van der Waals surface area contributed by atoms with Gasteiger partial charge in [-0.05, 0) is 0 Å². The molecular formula is C12H10N2O4. The van der Waals surface area contributed by atoms with Crippen molar-refractivity contribution in [2.24, 2.45) is 0 Å². The smallest absolute Gasteiger partial charge is 0.362 e. The van der Waals surface area contributed by atoms with Gasteiger partial charge >= 0.3 is 5.97 Å². The third kappa shape index (κ3) is 1.95. The lowest BCUT2D eigenvalue weighted by Crippen LogP contribution is -2.07. The molecule has 0 aliphatic carbocycles. The fourth-order valence-electron chi connectivity index (χ4n) is 1.43. The number of nitrogens with zero attached hydrogens (tertiary/aromatic N) is 1. The highest BCUT2D eigenvalue weighted by Gasteiger charge is 2.25. The third-order valence-corrected chi connectivity index (χ3v) is 2.35. The van der Waals surface area contributed by atoms with Crippen LogP contribution in [0.1, 0.15) is 26.6 Å². The molecule has 2 rings (SSSR count). The first-order chi connectivity index (χ1) is 8.65. The quantitative estimate of drug-likeness (QED) is 0.647. The predicted molar refractivity (Wildman–Crippen MR) is 62.1 cm³/mol. The zero-order valence-electron chi connectivity index (χ0n) is 9.54. The van der Waals surface area contributed by atoms with Crippen molar-refractivity contribution in [1.29, 1.82) is 0 Å². The topological polar surface area (TPSA) is 95.4 Å². The van der Waals surface area contributed by atoms with E-state index in [0.717, 1.165) is 0 Å². The minimum absolute atomic E-state index is 0.115. The molecular weight excluding hydrogens is 236 g/mol. The highest BCUT2D eigenvalue weighted by atomic mass is 16.5. The molecule has 0 unspecified atom stereocenters. The van der Waals surface area contributed by atoms with Crippen molar-refractivity contribution in [2.45, 2.75) is 0 Å². The summed E-state index contributed by atoms with van der Waals surface area (Å²) in [6, 6.07) is 8.42. The lowest BCUT2D eigenvalue weighted by molar-refractivity contribution is 0.0589. The summed E-state index contributed by atoms with van der Waals surface area (Å²) in [6.07, 6.45) is 0. The molecule has 0 aliphatic rings. The van der Waals surface area contributed by atoms with Crippen LogP contribution >= 0.6 is 0 Å². The molecule has 92 valence electrons. The van der Waals surface area contributed by atoms with Crippen molar-refractivity contribution >= 4 is 17.4 Å². The Morgan fingerprint density at radius 2 is 1.94 bits per heavy atom. The molecule has 0 fully saturated rings. The molecule has 6 heteroatoms. The first kappa shape index (κ1) is 11.8. The maximum absolute atomic E-state index is 12.0. The Morgan fingerprint density at radius 1 is 1.28 bits per heavy atom. The molecule has 18 heavy (non-hydrogen) atoms. The van der Waals surface area contributed by atoms with E-state index in [1.54, 1.807) is 30.3 Å². The normalized spacial score (nSPS) is 10.1. The molecule has 0 spiro atoms. The van der Waals surface area contributed by atoms with Crippen LogP contribution in [-0.4, -0.2) is 24.0 Å². The van der Waals surface area contributed by atoms with E-state index in [2.05, 4.69) is 9.89 Å². The Bertz CT molecular complexity index is 589. The maximum atomic E-state index is 12.0. The number of hydrogen-bond acceptors (Lipinski definition) is 6. The molecule has 6 nitrogen and oxygen atoms in total. The molecule has 1 aromatic carbocycles. The molecule has 0 saturated heterocycles. The number of ether oxygens (including phenoxy) is 1. The van der Waals surface area contributed by atoms with E-state index in [1.807, 2.05) is 0 Å². The number of hydrogen-bond donors (Lipinski definition) is 1. The molecule has 0 atom stereocenters. The number of benzene rings is 1. The van der Waals surface area contributed by atoms with Crippen molar-refractivity contribution in [1.82, 2.24) is 5.16 Å². The average molecular weight is 246 g/mol. The molecule has 0 aliphatic heterocycles. The minimum Gasteiger partial charge on any atom is -0.464 e. The van der Waals surface area contributed by atoms with Crippen molar-refractivity contribution in [3.05, 3.63) is 47.3 Å². The number of anilines is 1.